The number of para-hydroxylation sites is 1. The molecule has 0 radical (unpaired) electrons. The van der Waals surface area contributed by atoms with Gasteiger partial charge in [-0.3, -0.25) is 9.69 Å². The van der Waals surface area contributed by atoms with Gasteiger partial charge in [0.05, 0.1) is 16.6 Å². The van der Waals surface area contributed by atoms with Crippen LogP contribution in [0.25, 0.3) is 0 Å². The van der Waals surface area contributed by atoms with Gasteiger partial charge in [0, 0.05) is 43.0 Å². The van der Waals surface area contributed by atoms with Crippen LogP contribution in [0.2, 0.25) is 10.0 Å². The van der Waals surface area contributed by atoms with Crippen LogP contribution in [0.4, 0.5) is 5.69 Å². The van der Waals surface area contributed by atoms with Crippen LogP contribution in [0.1, 0.15) is 29.5 Å². The smallest absolute Gasteiger partial charge is 0.238 e. The van der Waals surface area contributed by atoms with Gasteiger partial charge in [-0.1, -0.05) is 41.4 Å². The van der Waals surface area contributed by atoms with E-state index in [0.717, 1.165) is 48.3 Å². The van der Waals surface area contributed by atoms with E-state index in [0.29, 0.717) is 34.6 Å². The van der Waals surface area contributed by atoms with Crippen LogP contribution in [-0.2, 0) is 4.79 Å². The monoisotopic (exact) mass is 521 g/mol. The Kier molecular flexibility index (Phi) is 8.45. The van der Waals surface area contributed by atoms with Gasteiger partial charge >= 0.3 is 0 Å². The zero-order valence-corrected chi connectivity index (χ0v) is 21.9. The average Bonchev–Trinajstić information content (AvgIpc) is 2.84. The summed E-state index contributed by atoms with van der Waals surface area (Å²) in [5, 5.41) is 18.0. The zero-order chi connectivity index (χ0) is 25.1. The molecular weight excluding hydrogens is 489 g/mol. The maximum absolute atomic E-state index is 12.6. The molecule has 4 rings (SSSR count). The molecule has 7 nitrogen and oxygen atoms in total. The van der Waals surface area contributed by atoms with Crippen LogP contribution in [-0.4, -0.2) is 66.9 Å². The highest BCUT2D eigenvalue weighted by Gasteiger charge is 2.31. The van der Waals surface area contributed by atoms with Crippen molar-refractivity contribution in [3.05, 3.63) is 51.0 Å². The van der Waals surface area contributed by atoms with Crippen molar-refractivity contribution in [3.8, 4) is 11.5 Å². The predicted octanol–water partition coefficient (Wildman–Crippen LogP) is 4.11. The fourth-order valence-electron chi connectivity index (χ4n) is 4.63. The Bertz CT molecular complexity index is 1050. The summed E-state index contributed by atoms with van der Waals surface area (Å²) < 4.78 is 11.8. The van der Waals surface area contributed by atoms with Crippen molar-refractivity contribution in [2.75, 3.05) is 38.1 Å². The molecular formula is C26H33Cl2N3O4. The summed E-state index contributed by atoms with van der Waals surface area (Å²) in [5.41, 5.74) is 3.77. The number of ether oxygens (including phenoxy) is 2. The Labute approximate surface area is 216 Å². The van der Waals surface area contributed by atoms with Crippen LogP contribution in [0.15, 0.2) is 24.3 Å². The highest BCUT2D eigenvalue weighted by molar-refractivity contribution is 6.42. The molecule has 2 aromatic rings. The maximum Gasteiger partial charge on any atom is 0.238 e. The van der Waals surface area contributed by atoms with Crippen LogP contribution in [0.5, 0.6) is 11.5 Å². The van der Waals surface area contributed by atoms with Gasteiger partial charge < -0.3 is 25.2 Å². The number of aliphatic hydroxyl groups is 1. The molecule has 9 heteroatoms. The number of hydrogen-bond donors (Lipinski definition) is 3. The van der Waals surface area contributed by atoms with Gasteiger partial charge in [0.1, 0.15) is 12.7 Å². The number of nitrogens with one attached hydrogen (secondary N) is 2. The van der Waals surface area contributed by atoms with Crippen molar-refractivity contribution < 1.29 is 19.4 Å². The number of amides is 1. The van der Waals surface area contributed by atoms with E-state index in [-0.39, 0.29) is 18.6 Å². The average molecular weight is 522 g/mol. The molecule has 3 N–H and O–H groups in total. The number of rotatable bonds is 7. The van der Waals surface area contributed by atoms with Gasteiger partial charge in [0.25, 0.3) is 0 Å². The van der Waals surface area contributed by atoms with Gasteiger partial charge in [-0.25, -0.2) is 0 Å². The van der Waals surface area contributed by atoms with E-state index in [1.54, 1.807) is 6.07 Å². The van der Waals surface area contributed by atoms with E-state index in [1.165, 1.54) is 0 Å². The largest absolute Gasteiger partial charge is 0.485 e. The van der Waals surface area contributed by atoms with Gasteiger partial charge in [-0.15, -0.1) is 0 Å². The molecule has 2 heterocycles. The van der Waals surface area contributed by atoms with Gasteiger partial charge in [0.2, 0.25) is 5.91 Å². The Hall–Kier alpha value is -2.03. The molecule has 2 aliphatic rings. The molecule has 0 bridgehead atoms. The lowest BCUT2D eigenvalue weighted by Crippen LogP contribution is -2.50. The summed E-state index contributed by atoms with van der Waals surface area (Å²) in [7, 11) is 0. The van der Waals surface area contributed by atoms with Crippen molar-refractivity contribution in [2.24, 2.45) is 0 Å². The van der Waals surface area contributed by atoms with Crippen LogP contribution in [0, 0.1) is 20.8 Å². The number of nitrogens with zero attached hydrogens (tertiary/aromatic N) is 1. The number of fused-ring (bicyclic) bond motifs is 1. The first kappa shape index (κ1) is 26.0. The van der Waals surface area contributed by atoms with E-state index >= 15 is 0 Å². The fourth-order valence-corrected chi connectivity index (χ4v) is 5.02. The first-order valence-electron chi connectivity index (χ1n) is 12.0. The fraction of sp³-hybridized carbons (Fsp3) is 0.500. The van der Waals surface area contributed by atoms with Crippen LogP contribution in [0.3, 0.4) is 0 Å². The molecule has 0 spiro atoms. The minimum absolute atomic E-state index is 0.00980. The lowest BCUT2D eigenvalue weighted by atomic mass is 10.0. The number of anilines is 1. The molecule has 0 aromatic heterocycles. The first-order valence-corrected chi connectivity index (χ1v) is 12.8. The van der Waals surface area contributed by atoms with Crippen molar-refractivity contribution in [1.82, 2.24) is 10.2 Å². The lowest BCUT2D eigenvalue weighted by molar-refractivity contribution is -0.117. The number of likely N-dealkylation sites (tertiary alicyclic amines) is 1. The molecule has 0 aliphatic carbocycles. The van der Waals surface area contributed by atoms with Crippen molar-refractivity contribution in [3.63, 3.8) is 0 Å². The molecule has 2 aliphatic heterocycles. The lowest BCUT2D eigenvalue weighted by Gasteiger charge is -2.34. The Morgan fingerprint density at radius 2 is 1.89 bits per heavy atom. The van der Waals surface area contributed by atoms with Crippen molar-refractivity contribution >= 4 is 34.8 Å². The van der Waals surface area contributed by atoms with Gasteiger partial charge in [0.15, 0.2) is 17.6 Å². The van der Waals surface area contributed by atoms with Crippen LogP contribution >= 0.6 is 23.2 Å². The Morgan fingerprint density at radius 1 is 1.20 bits per heavy atom. The standard InChI is InChI=1S/C26H33Cl2N3O4/c1-15-5-4-6-16(2)25(15)30-23(33)13-31-9-7-18(8-10-31)29-12-20(32)22-14-34-26-17(3)24(28)19(27)11-21(26)35-22/h4-6,11,18,20,22,29,32H,7-10,12-14H2,1-3H3,(H,30,33). The Morgan fingerprint density at radius 3 is 2.57 bits per heavy atom. The summed E-state index contributed by atoms with van der Waals surface area (Å²) in [6, 6.07) is 7.90. The molecule has 1 fully saturated rings. The topological polar surface area (TPSA) is 83.1 Å². The number of hydrogen-bond acceptors (Lipinski definition) is 6. The number of carbonyl (C=O) groups excluding carboxylic acids is 1. The number of aryl methyl sites for hydroxylation is 2. The normalized spacial score (nSPS) is 19.4. The molecule has 0 saturated carbocycles. The highest BCUT2D eigenvalue weighted by atomic mass is 35.5. The zero-order valence-electron chi connectivity index (χ0n) is 20.4. The second kappa shape index (κ2) is 11.4. The number of halogens is 2. The van der Waals surface area contributed by atoms with Gasteiger partial charge in [-0.2, -0.15) is 0 Å². The molecule has 2 unspecified atom stereocenters. The third kappa shape index (κ3) is 6.22. The van der Waals surface area contributed by atoms with E-state index in [4.69, 9.17) is 32.7 Å². The molecule has 1 saturated heterocycles. The maximum atomic E-state index is 12.6. The van der Waals surface area contributed by atoms with E-state index in [1.807, 2.05) is 39.0 Å². The van der Waals surface area contributed by atoms with Crippen molar-refractivity contribution in [1.29, 1.82) is 0 Å². The first-order chi connectivity index (χ1) is 16.7. The second-order valence-corrected chi connectivity index (χ2v) is 10.2. The predicted molar refractivity (Wildman–Crippen MR) is 139 cm³/mol. The highest BCUT2D eigenvalue weighted by Crippen LogP contribution is 2.43. The molecule has 1 amide bonds. The molecule has 2 atom stereocenters. The summed E-state index contributed by atoms with van der Waals surface area (Å²) in [6.45, 7) is 8.48. The minimum atomic E-state index is -0.737. The Balaban J connectivity index is 1.20. The summed E-state index contributed by atoms with van der Waals surface area (Å²) in [5.74, 6) is 1.08. The quantitative estimate of drug-likeness (QED) is 0.508. The van der Waals surface area contributed by atoms with E-state index < -0.39 is 12.2 Å². The van der Waals surface area contributed by atoms with Crippen molar-refractivity contribution in [2.45, 2.75) is 51.9 Å². The van der Waals surface area contributed by atoms with E-state index in [9.17, 15) is 9.90 Å². The molecule has 35 heavy (non-hydrogen) atoms. The number of piperidine rings is 1. The number of aliphatic hydroxyl groups excluding tert-OH is 1. The summed E-state index contributed by atoms with van der Waals surface area (Å²) in [4.78, 5) is 14.7. The molecule has 190 valence electrons. The SMILES string of the molecule is Cc1cccc(C)c1NC(=O)CN1CCC(NCC(O)C2COc3c(cc(Cl)c(Cl)c3C)O2)CC1. The number of benzene rings is 2. The van der Waals surface area contributed by atoms with Gasteiger partial charge in [-0.05, 0) is 44.7 Å². The van der Waals surface area contributed by atoms with E-state index in [2.05, 4.69) is 15.5 Å². The molecule has 2 aromatic carbocycles. The third-order valence-electron chi connectivity index (χ3n) is 6.78. The van der Waals surface area contributed by atoms with Crippen LogP contribution < -0.4 is 20.1 Å². The third-order valence-corrected chi connectivity index (χ3v) is 7.66. The second-order valence-electron chi connectivity index (χ2n) is 9.43. The number of carbonyl (C=O) groups is 1. The summed E-state index contributed by atoms with van der Waals surface area (Å²) in [6.07, 6.45) is 0.572. The summed E-state index contributed by atoms with van der Waals surface area (Å²) >= 11 is 12.4. The minimum Gasteiger partial charge on any atom is -0.485 e.